The molecule has 0 amide bonds. The van der Waals surface area contributed by atoms with E-state index in [1.165, 1.54) is 0 Å². The molecule has 6 heteroatoms. The Morgan fingerprint density at radius 2 is 2.43 bits per heavy atom. The number of halogens is 1. The average molecular weight is 275 g/mol. The zero-order valence-electron chi connectivity index (χ0n) is 7.36. The average Bonchev–Trinajstić information content (AvgIpc) is 2.72. The standard InChI is InChI=1S/C8H7BrN2O2S/c1-5-10-8(13-11-5)12-2-6-3-14-4-7(6)9/h3-4H,2H2,1H3. The third kappa shape index (κ3) is 2.13. The highest BCUT2D eigenvalue weighted by Crippen LogP contribution is 2.22. The Balaban J connectivity index is 1.98. The van der Waals surface area contributed by atoms with Crippen LogP contribution in [0.25, 0.3) is 0 Å². The maximum atomic E-state index is 5.29. The van der Waals surface area contributed by atoms with Gasteiger partial charge in [0.1, 0.15) is 6.61 Å². The number of aromatic nitrogens is 2. The first kappa shape index (κ1) is 9.67. The van der Waals surface area contributed by atoms with E-state index in [-0.39, 0.29) is 6.08 Å². The Bertz CT molecular complexity index is 426. The number of ether oxygens (including phenoxy) is 1. The lowest BCUT2D eigenvalue weighted by Crippen LogP contribution is -1.94. The van der Waals surface area contributed by atoms with Gasteiger partial charge in [-0.2, -0.15) is 16.3 Å². The van der Waals surface area contributed by atoms with Crippen molar-refractivity contribution in [1.29, 1.82) is 0 Å². The molecule has 2 rings (SSSR count). The second kappa shape index (κ2) is 4.10. The summed E-state index contributed by atoms with van der Waals surface area (Å²) >= 11 is 5.02. The van der Waals surface area contributed by atoms with E-state index in [0.29, 0.717) is 12.4 Å². The van der Waals surface area contributed by atoms with Crippen LogP contribution in [0.2, 0.25) is 0 Å². The van der Waals surface area contributed by atoms with Crippen LogP contribution in [0.5, 0.6) is 6.08 Å². The highest BCUT2D eigenvalue weighted by Gasteiger charge is 2.06. The second-order valence-electron chi connectivity index (χ2n) is 2.64. The molecule has 0 bridgehead atoms. The Kier molecular flexibility index (Phi) is 2.83. The van der Waals surface area contributed by atoms with Crippen molar-refractivity contribution < 1.29 is 9.26 Å². The van der Waals surface area contributed by atoms with Gasteiger partial charge in [-0.1, -0.05) is 5.16 Å². The van der Waals surface area contributed by atoms with Crippen LogP contribution >= 0.6 is 27.3 Å². The van der Waals surface area contributed by atoms with Gasteiger partial charge in [0.05, 0.1) is 0 Å². The van der Waals surface area contributed by atoms with Gasteiger partial charge < -0.3 is 4.74 Å². The summed E-state index contributed by atoms with van der Waals surface area (Å²) in [4.78, 5) is 3.93. The molecule has 0 fully saturated rings. The summed E-state index contributed by atoms with van der Waals surface area (Å²) in [5.41, 5.74) is 1.07. The summed E-state index contributed by atoms with van der Waals surface area (Å²) in [6, 6.07) is 0. The predicted octanol–water partition coefficient (Wildman–Crippen LogP) is 2.78. The SMILES string of the molecule is Cc1noc(OCc2cscc2Br)n1. The van der Waals surface area contributed by atoms with Crippen LogP contribution in [0.3, 0.4) is 0 Å². The first-order valence-electron chi connectivity index (χ1n) is 3.89. The van der Waals surface area contributed by atoms with Gasteiger partial charge in [0.15, 0.2) is 5.82 Å². The van der Waals surface area contributed by atoms with Gasteiger partial charge in [0, 0.05) is 15.4 Å². The van der Waals surface area contributed by atoms with Gasteiger partial charge in [0.2, 0.25) is 0 Å². The number of thiophene rings is 1. The molecule has 0 aliphatic heterocycles. The molecule has 2 aromatic rings. The lowest BCUT2D eigenvalue weighted by atomic mass is 10.4. The number of hydrogen-bond donors (Lipinski definition) is 0. The molecule has 0 N–H and O–H groups in total. The minimum absolute atomic E-state index is 0.209. The van der Waals surface area contributed by atoms with Crippen molar-refractivity contribution in [2.24, 2.45) is 0 Å². The van der Waals surface area contributed by atoms with Crippen LogP contribution in [-0.4, -0.2) is 10.1 Å². The molecule has 0 aliphatic rings. The van der Waals surface area contributed by atoms with Gasteiger partial charge in [-0.15, -0.1) is 0 Å². The van der Waals surface area contributed by atoms with Crippen molar-refractivity contribution in [2.75, 3.05) is 0 Å². The summed E-state index contributed by atoms with van der Waals surface area (Å²) in [5.74, 6) is 0.574. The first-order valence-corrected chi connectivity index (χ1v) is 5.63. The fourth-order valence-corrected chi connectivity index (χ4v) is 2.29. The Hall–Kier alpha value is -0.880. The van der Waals surface area contributed by atoms with Gasteiger partial charge in [-0.25, -0.2) is 0 Å². The zero-order chi connectivity index (χ0) is 9.97. The Labute approximate surface area is 93.0 Å². The Morgan fingerprint density at radius 3 is 3.00 bits per heavy atom. The molecular formula is C8H7BrN2O2S. The largest absolute Gasteiger partial charge is 0.444 e. The molecule has 74 valence electrons. The van der Waals surface area contributed by atoms with E-state index in [1.54, 1.807) is 18.3 Å². The molecule has 0 atom stereocenters. The summed E-state index contributed by atoms with van der Waals surface area (Å²) in [7, 11) is 0. The van der Waals surface area contributed by atoms with Crippen LogP contribution in [0.15, 0.2) is 19.8 Å². The van der Waals surface area contributed by atoms with Gasteiger partial charge in [-0.3, -0.25) is 4.52 Å². The van der Waals surface area contributed by atoms with Gasteiger partial charge >= 0.3 is 6.08 Å². The minimum Gasteiger partial charge on any atom is -0.444 e. The fourth-order valence-electron chi connectivity index (χ4n) is 0.887. The maximum Gasteiger partial charge on any atom is 0.417 e. The Morgan fingerprint density at radius 1 is 1.57 bits per heavy atom. The quantitative estimate of drug-likeness (QED) is 0.864. The normalized spacial score (nSPS) is 10.4. The van der Waals surface area contributed by atoms with Crippen LogP contribution in [-0.2, 0) is 6.61 Å². The number of aryl methyl sites for hydroxylation is 1. The minimum atomic E-state index is 0.209. The molecule has 2 aromatic heterocycles. The molecular weight excluding hydrogens is 268 g/mol. The van der Waals surface area contributed by atoms with E-state index in [4.69, 9.17) is 9.26 Å². The topological polar surface area (TPSA) is 48.2 Å². The van der Waals surface area contributed by atoms with Crippen LogP contribution in [0.1, 0.15) is 11.4 Å². The van der Waals surface area contributed by atoms with E-state index in [1.807, 2.05) is 10.8 Å². The summed E-state index contributed by atoms with van der Waals surface area (Å²) in [5, 5.41) is 7.62. The van der Waals surface area contributed by atoms with Crippen molar-refractivity contribution in [3.8, 4) is 6.08 Å². The van der Waals surface area contributed by atoms with E-state index in [9.17, 15) is 0 Å². The second-order valence-corrected chi connectivity index (χ2v) is 4.24. The molecule has 0 unspecified atom stereocenters. The monoisotopic (exact) mass is 274 g/mol. The molecule has 2 heterocycles. The number of nitrogens with zero attached hydrogens (tertiary/aromatic N) is 2. The lowest BCUT2D eigenvalue weighted by molar-refractivity contribution is 0.195. The van der Waals surface area contributed by atoms with Crippen molar-refractivity contribution in [3.63, 3.8) is 0 Å². The first-order chi connectivity index (χ1) is 6.75. The fraction of sp³-hybridized carbons (Fsp3) is 0.250. The molecule has 14 heavy (non-hydrogen) atoms. The maximum absolute atomic E-state index is 5.29. The van der Waals surface area contributed by atoms with Crippen LogP contribution in [0.4, 0.5) is 0 Å². The number of hydrogen-bond acceptors (Lipinski definition) is 5. The number of rotatable bonds is 3. The van der Waals surface area contributed by atoms with Crippen LogP contribution in [0, 0.1) is 6.92 Å². The summed E-state index contributed by atoms with van der Waals surface area (Å²) < 4.78 is 11.1. The third-order valence-corrected chi connectivity index (χ3v) is 3.38. The zero-order valence-corrected chi connectivity index (χ0v) is 9.76. The molecule has 0 aliphatic carbocycles. The van der Waals surface area contributed by atoms with Gasteiger partial charge in [-0.05, 0) is 28.2 Å². The van der Waals surface area contributed by atoms with Crippen molar-refractivity contribution in [1.82, 2.24) is 10.1 Å². The third-order valence-electron chi connectivity index (χ3n) is 1.55. The predicted molar refractivity (Wildman–Crippen MR) is 55.4 cm³/mol. The molecule has 0 saturated carbocycles. The highest BCUT2D eigenvalue weighted by atomic mass is 79.9. The molecule has 0 spiro atoms. The van der Waals surface area contributed by atoms with Gasteiger partial charge in [0.25, 0.3) is 0 Å². The van der Waals surface area contributed by atoms with E-state index >= 15 is 0 Å². The van der Waals surface area contributed by atoms with Crippen molar-refractivity contribution >= 4 is 27.3 Å². The van der Waals surface area contributed by atoms with E-state index in [2.05, 4.69) is 26.1 Å². The molecule has 4 nitrogen and oxygen atoms in total. The van der Waals surface area contributed by atoms with Crippen LogP contribution < -0.4 is 4.74 Å². The highest BCUT2D eigenvalue weighted by molar-refractivity contribution is 9.10. The molecule has 0 aromatic carbocycles. The van der Waals surface area contributed by atoms with E-state index < -0.39 is 0 Å². The summed E-state index contributed by atoms with van der Waals surface area (Å²) in [6.45, 7) is 2.18. The van der Waals surface area contributed by atoms with Crippen molar-refractivity contribution in [2.45, 2.75) is 13.5 Å². The lowest BCUT2D eigenvalue weighted by Gasteiger charge is -1.97. The molecule has 0 saturated heterocycles. The smallest absolute Gasteiger partial charge is 0.417 e. The van der Waals surface area contributed by atoms with Crippen molar-refractivity contribution in [3.05, 3.63) is 26.6 Å². The summed E-state index contributed by atoms with van der Waals surface area (Å²) in [6.07, 6.45) is 0.209. The van der Waals surface area contributed by atoms with E-state index in [0.717, 1.165) is 10.0 Å². The molecule has 0 radical (unpaired) electrons.